The van der Waals surface area contributed by atoms with Gasteiger partial charge in [0.15, 0.2) is 0 Å². The molecule has 0 amide bonds. The van der Waals surface area contributed by atoms with Crippen LogP contribution in [0.4, 0.5) is 0 Å². The number of methoxy groups -OCH3 is 1. The molecule has 1 atom stereocenters. The summed E-state index contributed by atoms with van der Waals surface area (Å²) in [6.07, 6.45) is 0. The summed E-state index contributed by atoms with van der Waals surface area (Å²) in [4.78, 5) is 17.7. The van der Waals surface area contributed by atoms with Crippen molar-refractivity contribution in [3.8, 4) is 5.88 Å². The van der Waals surface area contributed by atoms with Crippen molar-refractivity contribution in [2.45, 2.75) is 12.8 Å². The molecule has 14 heavy (non-hydrogen) atoms. The van der Waals surface area contributed by atoms with Gasteiger partial charge in [-0.2, -0.15) is 4.98 Å². The lowest BCUT2D eigenvalue weighted by atomic mass is 10.2. The molecule has 1 aromatic rings. The molecule has 0 aromatic carbocycles. The number of aromatic nitrogens is 2. The second kappa shape index (κ2) is 4.74. The molecule has 0 aliphatic heterocycles. The van der Waals surface area contributed by atoms with Gasteiger partial charge in [0.05, 0.1) is 6.61 Å². The van der Waals surface area contributed by atoms with Gasteiger partial charge in [-0.3, -0.25) is 4.79 Å². The molecule has 1 rings (SSSR count). The van der Waals surface area contributed by atoms with Crippen molar-refractivity contribution in [1.29, 1.82) is 0 Å². The van der Waals surface area contributed by atoms with Crippen molar-refractivity contribution in [2.24, 2.45) is 0 Å². The molecule has 0 radical (unpaired) electrons. The Balaban J connectivity index is 3.06. The van der Waals surface area contributed by atoms with Gasteiger partial charge < -0.3 is 14.8 Å². The van der Waals surface area contributed by atoms with Gasteiger partial charge in [0, 0.05) is 13.0 Å². The van der Waals surface area contributed by atoms with Crippen LogP contribution in [0.5, 0.6) is 5.88 Å². The molecule has 1 heterocycles. The first-order valence-corrected chi connectivity index (χ1v) is 5.11. The minimum absolute atomic E-state index is 0.0457. The zero-order valence-corrected chi connectivity index (χ0v) is 10.0. The molecule has 1 aromatic heterocycles. The van der Waals surface area contributed by atoms with E-state index in [0.29, 0.717) is 12.4 Å². The van der Waals surface area contributed by atoms with Crippen LogP contribution >= 0.6 is 22.6 Å². The number of aromatic hydroxyl groups is 1. The van der Waals surface area contributed by atoms with Crippen molar-refractivity contribution in [1.82, 2.24) is 9.97 Å². The maximum Gasteiger partial charge on any atom is 0.268 e. The molecule has 78 valence electrons. The Morgan fingerprint density at radius 3 is 2.86 bits per heavy atom. The first-order chi connectivity index (χ1) is 6.56. The smallest absolute Gasteiger partial charge is 0.268 e. The van der Waals surface area contributed by atoms with Crippen LogP contribution in [0, 0.1) is 3.57 Å². The average molecular weight is 310 g/mol. The number of ether oxygens (including phenoxy) is 1. The molecule has 1 unspecified atom stereocenters. The fourth-order valence-corrected chi connectivity index (χ4v) is 1.28. The minimum atomic E-state index is -0.323. The Bertz CT molecular complexity index is 377. The molecule has 0 bridgehead atoms. The van der Waals surface area contributed by atoms with E-state index in [1.54, 1.807) is 29.7 Å². The predicted octanol–water partition coefficient (Wildman–Crippen LogP) is 0.830. The maximum atomic E-state index is 11.3. The van der Waals surface area contributed by atoms with Gasteiger partial charge in [-0.25, -0.2) is 0 Å². The molecule has 0 fully saturated rings. The average Bonchev–Trinajstić information content (AvgIpc) is 2.13. The summed E-state index contributed by atoms with van der Waals surface area (Å²) in [5.41, 5.74) is -0.323. The van der Waals surface area contributed by atoms with Gasteiger partial charge in [0.2, 0.25) is 5.88 Å². The second-order valence-corrected chi connectivity index (χ2v) is 4.02. The van der Waals surface area contributed by atoms with Crippen molar-refractivity contribution >= 4 is 22.6 Å². The number of aromatic amines is 1. The fraction of sp³-hybridized carbons (Fsp3) is 0.500. The molecule has 0 spiro atoms. The summed E-state index contributed by atoms with van der Waals surface area (Å²) in [6.45, 7) is 2.30. The third kappa shape index (κ3) is 2.44. The van der Waals surface area contributed by atoms with Crippen LogP contribution < -0.4 is 5.56 Å². The van der Waals surface area contributed by atoms with E-state index in [2.05, 4.69) is 9.97 Å². The second-order valence-electron chi connectivity index (χ2n) is 2.95. The summed E-state index contributed by atoms with van der Waals surface area (Å²) >= 11 is 1.74. The van der Waals surface area contributed by atoms with E-state index in [1.807, 2.05) is 6.92 Å². The van der Waals surface area contributed by atoms with Gasteiger partial charge in [0.25, 0.3) is 5.56 Å². The lowest BCUT2D eigenvalue weighted by molar-refractivity contribution is 0.181. The lowest BCUT2D eigenvalue weighted by Crippen LogP contribution is -2.17. The number of halogens is 1. The van der Waals surface area contributed by atoms with E-state index in [4.69, 9.17) is 4.74 Å². The zero-order chi connectivity index (χ0) is 10.7. The summed E-state index contributed by atoms with van der Waals surface area (Å²) in [7, 11) is 1.57. The number of H-pyrrole nitrogens is 1. The van der Waals surface area contributed by atoms with Crippen LogP contribution in [-0.2, 0) is 4.74 Å². The van der Waals surface area contributed by atoms with E-state index in [1.165, 1.54) is 0 Å². The van der Waals surface area contributed by atoms with Crippen molar-refractivity contribution in [2.75, 3.05) is 13.7 Å². The highest BCUT2D eigenvalue weighted by atomic mass is 127. The summed E-state index contributed by atoms with van der Waals surface area (Å²) in [5, 5.41) is 9.32. The molecule has 2 N–H and O–H groups in total. The Kier molecular flexibility index (Phi) is 3.87. The number of nitrogens with zero attached hydrogens (tertiary/aromatic N) is 1. The fourth-order valence-electron chi connectivity index (χ4n) is 1.03. The van der Waals surface area contributed by atoms with Crippen LogP contribution in [-0.4, -0.2) is 28.8 Å². The number of hydrogen-bond donors (Lipinski definition) is 2. The molecule has 0 saturated carbocycles. The normalized spacial score (nSPS) is 12.8. The highest BCUT2D eigenvalue weighted by molar-refractivity contribution is 14.1. The Hall–Kier alpha value is -0.630. The van der Waals surface area contributed by atoms with Gasteiger partial charge in [-0.05, 0) is 22.6 Å². The quantitative estimate of drug-likeness (QED) is 0.811. The predicted molar refractivity (Wildman–Crippen MR) is 59.5 cm³/mol. The van der Waals surface area contributed by atoms with Gasteiger partial charge in [-0.15, -0.1) is 0 Å². The minimum Gasteiger partial charge on any atom is -0.492 e. The highest BCUT2D eigenvalue weighted by Crippen LogP contribution is 2.15. The third-order valence-electron chi connectivity index (χ3n) is 1.75. The van der Waals surface area contributed by atoms with Crippen LogP contribution in [0.15, 0.2) is 4.79 Å². The first kappa shape index (κ1) is 11.4. The standard InChI is InChI=1S/C8H11IN2O3/c1-4(3-14-2)6-10-7(12)5(9)8(13)11-6/h4H,3H2,1-2H3,(H2,10,11,12,13). The molecule has 0 aliphatic carbocycles. The highest BCUT2D eigenvalue weighted by Gasteiger charge is 2.12. The molecular weight excluding hydrogens is 299 g/mol. The summed E-state index contributed by atoms with van der Waals surface area (Å²) in [5.74, 6) is 0.165. The van der Waals surface area contributed by atoms with E-state index < -0.39 is 0 Å². The molecule has 6 heteroatoms. The number of nitrogens with one attached hydrogen (secondary N) is 1. The Morgan fingerprint density at radius 2 is 2.36 bits per heavy atom. The Labute approximate surface area is 94.7 Å². The Morgan fingerprint density at radius 1 is 1.71 bits per heavy atom. The largest absolute Gasteiger partial charge is 0.492 e. The van der Waals surface area contributed by atoms with E-state index in [-0.39, 0.29) is 20.9 Å². The third-order valence-corrected chi connectivity index (χ3v) is 2.72. The molecule has 0 aliphatic rings. The van der Waals surface area contributed by atoms with Gasteiger partial charge >= 0.3 is 0 Å². The first-order valence-electron chi connectivity index (χ1n) is 4.04. The van der Waals surface area contributed by atoms with Crippen LogP contribution in [0.2, 0.25) is 0 Å². The molecule has 0 saturated heterocycles. The molecular formula is C8H11IN2O3. The lowest BCUT2D eigenvalue weighted by Gasteiger charge is -2.09. The van der Waals surface area contributed by atoms with Gasteiger partial charge in [-0.1, -0.05) is 6.92 Å². The van der Waals surface area contributed by atoms with E-state index in [0.717, 1.165) is 0 Å². The van der Waals surface area contributed by atoms with E-state index in [9.17, 15) is 9.90 Å². The zero-order valence-electron chi connectivity index (χ0n) is 7.87. The van der Waals surface area contributed by atoms with Crippen LogP contribution in [0.25, 0.3) is 0 Å². The topological polar surface area (TPSA) is 75.2 Å². The maximum absolute atomic E-state index is 11.3. The van der Waals surface area contributed by atoms with Crippen LogP contribution in [0.1, 0.15) is 18.7 Å². The summed E-state index contributed by atoms with van der Waals surface area (Å²) < 4.78 is 5.13. The summed E-state index contributed by atoms with van der Waals surface area (Å²) in [6, 6.07) is 0. The monoisotopic (exact) mass is 310 g/mol. The van der Waals surface area contributed by atoms with Crippen LogP contribution in [0.3, 0.4) is 0 Å². The number of rotatable bonds is 3. The number of hydrogen-bond acceptors (Lipinski definition) is 4. The van der Waals surface area contributed by atoms with Crippen molar-refractivity contribution in [3.05, 3.63) is 19.7 Å². The van der Waals surface area contributed by atoms with Crippen molar-refractivity contribution in [3.63, 3.8) is 0 Å². The van der Waals surface area contributed by atoms with Gasteiger partial charge in [0.1, 0.15) is 9.39 Å². The van der Waals surface area contributed by atoms with E-state index >= 15 is 0 Å². The van der Waals surface area contributed by atoms with Crippen molar-refractivity contribution < 1.29 is 9.84 Å². The SMILES string of the molecule is COCC(C)c1nc(O)c(I)c(=O)[nH]1. The molecule has 5 nitrogen and oxygen atoms in total.